The molecule has 0 atom stereocenters. The van der Waals surface area contributed by atoms with E-state index in [1.165, 1.54) is 5.56 Å². The van der Waals surface area contributed by atoms with E-state index in [9.17, 15) is 0 Å². The maximum absolute atomic E-state index is 4.11. The molecule has 1 rings (SSSR count). The molecule has 0 unspecified atom stereocenters. The van der Waals surface area contributed by atoms with E-state index in [4.69, 9.17) is 0 Å². The Labute approximate surface area is 79.8 Å². The van der Waals surface area contributed by atoms with E-state index in [-0.39, 0.29) is 17.0 Å². The predicted molar refractivity (Wildman–Crippen MR) is 51.9 cm³/mol. The summed E-state index contributed by atoms with van der Waals surface area (Å²) in [6, 6.07) is 4.06. The van der Waals surface area contributed by atoms with Crippen LogP contribution in [0, 0.1) is 6.92 Å². The molecule has 3 heteroatoms. The van der Waals surface area contributed by atoms with E-state index in [0.29, 0.717) is 0 Å². The Hall–Kier alpha value is 0.110. The van der Waals surface area contributed by atoms with E-state index in [0.717, 1.165) is 11.0 Å². The first-order chi connectivity index (χ1) is 4.33. The van der Waals surface area contributed by atoms with Crippen LogP contribution in [0.15, 0.2) is 18.3 Å². The molecule has 0 spiro atoms. The number of hydrogen-bond donors (Lipinski definition) is 0. The van der Waals surface area contributed by atoms with Gasteiger partial charge in [-0.1, -0.05) is 15.9 Å². The van der Waals surface area contributed by atoms with Gasteiger partial charge in [0, 0.05) is 11.5 Å². The fourth-order valence-electron chi connectivity index (χ4n) is 0.672. The van der Waals surface area contributed by atoms with E-state index < -0.39 is 0 Å². The molecule has 1 nitrogen and oxygen atoms in total. The van der Waals surface area contributed by atoms with Gasteiger partial charge < -0.3 is 0 Å². The molecular formula is C7H9Br2N. The topological polar surface area (TPSA) is 12.9 Å². The minimum Gasteiger partial charge on any atom is -0.260 e. The van der Waals surface area contributed by atoms with Crippen LogP contribution in [0.1, 0.15) is 11.3 Å². The van der Waals surface area contributed by atoms with Crippen molar-refractivity contribution in [3.8, 4) is 0 Å². The van der Waals surface area contributed by atoms with Gasteiger partial charge in [0.1, 0.15) is 0 Å². The summed E-state index contributed by atoms with van der Waals surface area (Å²) in [6.07, 6.45) is 1.83. The van der Waals surface area contributed by atoms with Crippen LogP contribution < -0.4 is 0 Å². The van der Waals surface area contributed by atoms with Gasteiger partial charge >= 0.3 is 0 Å². The summed E-state index contributed by atoms with van der Waals surface area (Å²) in [5.41, 5.74) is 2.36. The van der Waals surface area contributed by atoms with Gasteiger partial charge in [0.2, 0.25) is 0 Å². The normalized spacial score (nSPS) is 8.60. The van der Waals surface area contributed by atoms with Crippen molar-refractivity contribution in [1.29, 1.82) is 0 Å². The molecule has 0 amide bonds. The number of halogens is 2. The lowest BCUT2D eigenvalue weighted by Crippen LogP contribution is -1.83. The van der Waals surface area contributed by atoms with Crippen molar-refractivity contribution in [1.82, 2.24) is 4.98 Å². The maximum Gasteiger partial charge on any atom is 0.0511 e. The summed E-state index contributed by atoms with van der Waals surface area (Å²) in [5, 5.41) is 0.842. The molecule has 10 heavy (non-hydrogen) atoms. The third-order valence-electron chi connectivity index (χ3n) is 1.11. The molecule has 0 fully saturated rings. The van der Waals surface area contributed by atoms with Crippen molar-refractivity contribution in [3.05, 3.63) is 29.6 Å². The van der Waals surface area contributed by atoms with E-state index in [2.05, 4.69) is 33.9 Å². The lowest BCUT2D eigenvalue weighted by molar-refractivity contribution is 1.16. The largest absolute Gasteiger partial charge is 0.260 e. The second-order valence-corrected chi connectivity index (χ2v) is 2.52. The molecule has 0 aliphatic rings. The molecule has 1 aromatic heterocycles. The highest BCUT2D eigenvalue weighted by Crippen LogP contribution is 2.03. The first-order valence-electron chi connectivity index (χ1n) is 2.80. The third-order valence-corrected chi connectivity index (χ3v) is 1.68. The molecule has 0 aliphatic heterocycles. The van der Waals surface area contributed by atoms with Gasteiger partial charge in [-0.05, 0) is 24.6 Å². The van der Waals surface area contributed by atoms with Crippen molar-refractivity contribution in [2.24, 2.45) is 0 Å². The fraction of sp³-hybridized carbons (Fsp3) is 0.286. The minimum atomic E-state index is 0. The summed E-state index contributed by atoms with van der Waals surface area (Å²) in [4.78, 5) is 4.11. The molecule has 1 aromatic rings. The van der Waals surface area contributed by atoms with Gasteiger partial charge in [0.25, 0.3) is 0 Å². The fourth-order valence-corrected chi connectivity index (χ4v) is 0.978. The van der Waals surface area contributed by atoms with Gasteiger partial charge in [-0.3, -0.25) is 4.98 Å². The number of pyridine rings is 1. The van der Waals surface area contributed by atoms with Crippen LogP contribution in [0.5, 0.6) is 0 Å². The summed E-state index contributed by atoms with van der Waals surface area (Å²) in [6.45, 7) is 2.06. The van der Waals surface area contributed by atoms with Gasteiger partial charge in [-0.25, -0.2) is 0 Å². The van der Waals surface area contributed by atoms with Crippen LogP contribution in [0.3, 0.4) is 0 Å². The zero-order chi connectivity index (χ0) is 6.69. The van der Waals surface area contributed by atoms with Crippen LogP contribution in [0.4, 0.5) is 0 Å². The molecule has 0 radical (unpaired) electrons. The third kappa shape index (κ3) is 2.80. The van der Waals surface area contributed by atoms with Crippen LogP contribution in [-0.2, 0) is 5.33 Å². The Bertz CT molecular complexity index is 201. The highest BCUT2D eigenvalue weighted by molar-refractivity contribution is 9.08. The monoisotopic (exact) mass is 265 g/mol. The van der Waals surface area contributed by atoms with Crippen molar-refractivity contribution in [2.45, 2.75) is 12.3 Å². The highest BCUT2D eigenvalue weighted by Gasteiger charge is 1.88. The molecular weight excluding hydrogens is 258 g/mol. The number of aromatic nitrogens is 1. The van der Waals surface area contributed by atoms with Crippen molar-refractivity contribution in [2.75, 3.05) is 0 Å². The smallest absolute Gasteiger partial charge is 0.0511 e. The molecule has 56 valence electrons. The second-order valence-electron chi connectivity index (χ2n) is 1.96. The van der Waals surface area contributed by atoms with Crippen LogP contribution in [0.25, 0.3) is 0 Å². The minimum absolute atomic E-state index is 0. The molecule has 0 saturated carbocycles. The van der Waals surface area contributed by atoms with E-state index >= 15 is 0 Å². The Morgan fingerprint density at radius 1 is 1.60 bits per heavy atom. The van der Waals surface area contributed by atoms with Gasteiger partial charge in [0.15, 0.2) is 0 Å². The average molecular weight is 267 g/mol. The molecule has 0 saturated heterocycles. The number of aryl methyl sites for hydroxylation is 1. The zero-order valence-electron chi connectivity index (χ0n) is 5.67. The summed E-state index contributed by atoms with van der Waals surface area (Å²) >= 11 is 3.33. The average Bonchev–Trinajstić information content (AvgIpc) is 1.88. The van der Waals surface area contributed by atoms with Crippen molar-refractivity contribution < 1.29 is 0 Å². The molecule has 0 aliphatic carbocycles. The van der Waals surface area contributed by atoms with Gasteiger partial charge in [-0.2, -0.15) is 0 Å². The van der Waals surface area contributed by atoms with Gasteiger partial charge in [0.05, 0.1) is 5.69 Å². The summed E-state index contributed by atoms with van der Waals surface area (Å²) in [5.74, 6) is 0. The quantitative estimate of drug-likeness (QED) is 0.713. The lowest BCUT2D eigenvalue weighted by atomic mass is 10.3. The molecule has 1 heterocycles. The second kappa shape index (κ2) is 4.85. The zero-order valence-corrected chi connectivity index (χ0v) is 8.97. The SMILES string of the molecule is Br.Cc1ccnc(CBr)c1. The van der Waals surface area contributed by atoms with Crippen LogP contribution in [0.2, 0.25) is 0 Å². The Morgan fingerprint density at radius 2 is 2.30 bits per heavy atom. The van der Waals surface area contributed by atoms with E-state index in [1.54, 1.807) is 0 Å². The lowest BCUT2D eigenvalue weighted by Gasteiger charge is -1.93. The first kappa shape index (κ1) is 10.1. The van der Waals surface area contributed by atoms with Gasteiger partial charge in [-0.15, -0.1) is 17.0 Å². The molecule has 0 aromatic carbocycles. The number of nitrogens with zero attached hydrogens (tertiary/aromatic N) is 1. The Balaban J connectivity index is 0.000000810. The van der Waals surface area contributed by atoms with Crippen molar-refractivity contribution in [3.63, 3.8) is 0 Å². The summed E-state index contributed by atoms with van der Waals surface area (Å²) in [7, 11) is 0. The van der Waals surface area contributed by atoms with E-state index in [1.807, 2.05) is 12.3 Å². The number of hydrogen-bond acceptors (Lipinski definition) is 1. The molecule has 0 N–H and O–H groups in total. The maximum atomic E-state index is 4.11. The van der Waals surface area contributed by atoms with Crippen LogP contribution >= 0.6 is 32.9 Å². The summed E-state index contributed by atoms with van der Waals surface area (Å²) < 4.78 is 0. The Morgan fingerprint density at radius 3 is 2.70 bits per heavy atom. The first-order valence-corrected chi connectivity index (χ1v) is 3.92. The standard InChI is InChI=1S/C7H8BrN.BrH/c1-6-2-3-9-7(4-6)5-8;/h2-4H,5H2,1H3;1H. The number of rotatable bonds is 1. The van der Waals surface area contributed by atoms with Crippen molar-refractivity contribution >= 4 is 32.9 Å². The van der Waals surface area contributed by atoms with Crippen LogP contribution in [-0.4, -0.2) is 4.98 Å². The predicted octanol–water partition coefficient (Wildman–Crippen LogP) is 2.86. The Kier molecular flexibility index (Phi) is 4.91. The highest BCUT2D eigenvalue weighted by atomic mass is 79.9. The molecule has 0 bridgehead atoms. The number of alkyl halides is 1.